The predicted octanol–water partition coefficient (Wildman–Crippen LogP) is 4.87. The van der Waals surface area contributed by atoms with Gasteiger partial charge in [-0.15, -0.1) is 0 Å². The van der Waals surface area contributed by atoms with Gasteiger partial charge >= 0.3 is 12.3 Å². The van der Waals surface area contributed by atoms with Gasteiger partial charge < -0.3 is 14.4 Å². The van der Waals surface area contributed by atoms with Gasteiger partial charge in [-0.05, 0) is 45.2 Å². The van der Waals surface area contributed by atoms with E-state index in [-0.39, 0.29) is 5.54 Å². The third-order valence-corrected chi connectivity index (χ3v) is 6.34. The van der Waals surface area contributed by atoms with Gasteiger partial charge in [-0.1, -0.05) is 23.7 Å². The van der Waals surface area contributed by atoms with Crippen LogP contribution in [0.4, 0.5) is 18.0 Å². The first-order valence-corrected chi connectivity index (χ1v) is 10.1. The summed E-state index contributed by atoms with van der Waals surface area (Å²) in [7, 11) is 1.59. The van der Waals surface area contributed by atoms with Crippen LogP contribution in [-0.2, 0) is 11.3 Å². The molecule has 1 unspecified atom stereocenters. The van der Waals surface area contributed by atoms with E-state index in [1.54, 1.807) is 13.2 Å². The summed E-state index contributed by atoms with van der Waals surface area (Å²) in [6.45, 7) is 3.21. The van der Waals surface area contributed by atoms with Crippen molar-refractivity contribution < 1.29 is 27.4 Å². The third kappa shape index (κ3) is 4.74. The summed E-state index contributed by atoms with van der Waals surface area (Å²) in [5, 5.41) is 0.564. The molecule has 3 rings (SSSR count). The molecule has 0 radical (unpaired) electrons. The summed E-state index contributed by atoms with van der Waals surface area (Å²) in [5.41, 5.74) is 0.932. The number of benzene rings is 1. The molecule has 9 heteroatoms. The summed E-state index contributed by atoms with van der Waals surface area (Å²) in [4.78, 5) is 15.9. The van der Waals surface area contributed by atoms with Crippen LogP contribution in [0, 0.1) is 0 Å². The summed E-state index contributed by atoms with van der Waals surface area (Å²) < 4.78 is 48.0. The van der Waals surface area contributed by atoms with Crippen LogP contribution in [0.5, 0.6) is 5.75 Å². The molecule has 1 aromatic carbocycles. The molecule has 1 aromatic rings. The van der Waals surface area contributed by atoms with E-state index in [2.05, 4.69) is 9.64 Å². The molecule has 2 heterocycles. The number of ether oxygens (including phenoxy) is 2. The second-order valence-electron chi connectivity index (χ2n) is 7.74. The maximum absolute atomic E-state index is 12.6. The largest absolute Gasteiger partial charge is 0.495 e. The van der Waals surface area contributed by atoms with Crippen LogP contribution in [0.3, 0.4) is 0 Å². The minimum absolute atomic E-state index is 0.0697. The molecule has 0 aliphatic carbocycles. The maximum Gasteiger partial charge on any atom is 0.425 e. The molecule has 29 heavy (non-hydrogen) atoms. The highest BCUT2D eigenvalue weighted by molar-refractivity contribution is 6.32. The molecular weight excluding hydrogens is 409 g/mol. The monoisotopic (exact) mass is 434 g/mol. The summed E-state index contributed by atoms with van der Waals surface area (Å²) >= 11 is 6.24. The van der Waals surface area contributed by atoms with Crippen molar-refractivity contribution in [1.82, 2.24) is 9.80 Å². The molecule has 1 amide bonds. The van der Waals surface area contributed by atoms with E-state index >= 15 is 0 Å². The number of likely N-dealkylation sites (tertiary alicyclic amines) is 2. The van der Waals surface area contributed by atoms with Gasteiger partial charge in [0.15, 0.2) is 6.10 Å². The standard InChI is InChI=1S/C20H26ClF3N2O3/c1-14(20(22,23)24)29-18(27)25-11-8-19(9-12-25)7-4-10-26(19)13-15-5-3-6-16(21)17(15)28-2/h3,5-6,14H,4,7-13H2,1-2H3. The van der Waals surface area contributed by atoms with Gasteiger partial charge in [0.25, 0.3) is 0 Å². The fourth-order valence-electron chi connectivity index (χ4n) is 4.32. The fourth-order valence-corrected chi connectivity index (χ4v) is 4.59. The summed E-state index contributed by atoms with van der Waals surface area (Å²) in [6, 6.07) is 5.67. The van der Waals surface area contributed by atoms with Gasteiger partial charge in [-0.25, -0.2) is 4.79 Å². The molecule has 1 spiro atoms. The van der Waals surface area contributed by atoms with Crippen molar-refractivity contribution >= 4 is 17.7 Å². The Morgan fingerprint density at radius 3 is 2.55 bits per heavy atom. The lowest BCUT2D eigenvalue weighted by Gasteiger charge is -2.45. The van der Waals surface area contributed by atoms with E-state index in [1.807, 2.05) is 12.1 Å². The van der Waals surface area contributed by atoms with Crippen molar-refractivity contribution in [1.29, 1.82) is 0 Å². The van der Waals surface area contributed by atoms with Gasteiger partial charge in [-0.2, -0.15) is 13.2 Å². The van der Waals surface area contributed by atoms with Gasteiger partial charge in [-0.3, -0.25) is 4.90 Å². The molecule has 2 aliphatic rings. The Morgan fingerprint density at radius 1 is 1.24 bits per heavy atom. The van der Waals surface area contributed by atoms with Gasteiger partial charge in [0.1, 0.15) is 5.75 Å². The Morgan fingerprint density at radius 2 is 1.93 bits per heavy atom. The molecular formula is C20H26ClF3N2O3. The van der Waals surface area contributed by atoms with Crippen molar-refractivity contribution in [2.24, 2.45) is 0 Å². The average Bonchev–Trinajstić information content (AvgIpc) is 3.03. The summed E-state index contributed by atoms with van der Waals surface area (Å²) in [6.07, 6.45) is -4.12. The number of amides is 1. The molecule has 5 nitrogen and oxygen atoms in total. The number of hydrogen-bond donors (Lipinski definition) is 0. The van der Waals surface area contributed by atoms with Crippen molar-refractivity contribution in [2.45, 2.75) is 57.0 Å². The zero-order chi connectivity index (χ0) is 21.2. The number of hydrogen-bond acceptors (Lipinski definition) is 4. The molecule has 2 aliphatic heterocycles. The van der Waals surface area contributed by atoms with Crippen LogP contribution in [-0.4, -0.2) is 60.5 Å². The zero-order valence-electron chi connectivity index (χ0n) is 16.6. The number of piperidine rings is 1. The highest BCUT2D eigenvalue weighted by Gasteiger charge is 2.45. The highest BCUT2D eigenvalue weighted by Crippen LogP contribution is 2.41. The highest BCUT2D eigenvalue weighted by atomic mass is 35.5. The lowest BCUT2D eigenvalue weighted by Crippen LogP contribution is -2.53. The van der Waals surface area contributed by atoms with Gasteiger partial charge in [0.05, 0.1) is 12.1 Å². The van der Waals surface area contributed by atoms with E-state index < -0.39 is 18.4 Å². The molecule has 2 saturated heterocycles. The number of nitrogens with zero attached hydrogens (tertiary/aromatic N) is 2. The van der Waals surface area contributed by atoms with Gasteiger partial charge in [0.2, 0.25) is 0 Å². The van der Waals surface area contributed by atoms with Crippen LogP contribution < -0.4 is 4.74 Å². The first-order chi connectivity index (χ1) is 13.7. The van der Waals surface area contributed by atoms with Crippen molar-refractivity contribution in [2.75, 3.05) is 26.7 Å². The Balaban J connectivity index is 1.63. The van der Waals surface area contributed by atoms with Crippen molar-refractivity contribution in [3.8, 4) is 5.75 Å². The average molecular weight is 435 g/mol. The number of rotatable bonds is 4. The number of methoxy groups -OCH3 is 1. The fraction of sp³-hybridized carbons (Fsp3) is 0.650. The number of alkyl halides is 3. The zero-order valence-corrected chi connectivity index (χ0v) is 17.4. The number of carbonyl (C=O) groups excluding carboxylic acids is 1. The maximum atomic E-state index is 12.6. The van der Waals surface area contributed by atoms with Crippen LogP contribution >= 0.6 is 11.6 Å². The molecule has 1 atom stereocenters. The second-order valence-corrected chi connectivity index (χ2v) is 8.14. The topological polar surface area (TPSA) is 42.0 Å². The Kier molecular flexibility index (Phi) is 6.53. The van der Waals surface area contributed by atoms with Crippen LogP contribution in [0.1, 0.15) is 38.2 Å². The molecule has 0 N–H and O–H groups in total. The SMILES string of the molecule is COc1c(Cl)cccc1CN1CCCC12CCN(C(=O)OC(C)C(F)(F)F)CC2. The number of carbonyl (C=O) groups is 1. The molecule has 0 bridgehead atoms. The number of halogens is 4. The third-order valence-electron chi connectivity index (χ3n) is 6.05. The number of para-hydroxylation sites is 1. The second kappa shape index (κ2) is 8.60. The Bertz CT molecular complexity index is 736. The minimum Gasteiger partial charge on any atom is -0.495 e. The lowest BCUT2D eigenvalue weighted by atomic mass is 9.85. The smallest absolute Gasteiger partial charge is 0.425 e. The van der Waals surface area contributed by atoms with E-state index in [9.17, 15) is 18.0 Å². The predicted molar refractivity (Wildman–Crippen MR) is 103 cm³/mol. The van der Waals surface area contributed by atoms with Crippen molar-refractivity contribution in [3.63, 3.8) is 0 Å². The van der Waals surface area contributed by atoms with E-state index in [0.717, 1.165) is 31.9 Å². The lowest BCUT2D eigenvalue weighted by molar-refractivity contribution is -0.200. The van der Waals surface area contributed by atoms with E-state index in [1.165, 1.54) is 4.90 Å². The molecule has 2 fully saturated rings. The van der Waals surface area contributed by atoms with Crippen LogP contribution in [0.2, 0.25) is 5.02 Å². The van der Waals surface area contributed by atoms with Crippen molar-refractivity contribution in [3.05, 3.63) is 28.8 Å². The normalized spacial score (nSPS) is 20.7. The molecule has 162 valence electrons. The first-order valence-electron chi connectivity index (χ1n) is 9.75. The molecule has 0 aromatic heterocycles. The van der Waals surface area contributed by atoms with Crippen LogP contribution in [0.25, 0.3) is 0 Å². The molecule has 0 saturated carbocycles. The van der Waals surface area contributed by atoms with Gasteiger partial charge in [0, 0.05) is 30.7 Å². The first kappa shape index (κ1) is 22.0. The van der Waals surface area contributed by atoms with Crippen LogP contribution in [0.15, 0.2) is 18.2 Å². The Labute approximate surface area is 173 Å². The Hall–Kier alpha value is -1.67. The van der Waals surface area contributed by atoms with E-state index in [4.69, 9.17) is 16.3 Å². The quantitative estimate of drug-likeness (QED) is 0.678. The van der Waals surface area contributed by atoms with E-state index in [0.29, 0.717) is 43.2 Å². The minimum atomic E-state index is -4.55. The summed E-state index contributed by atoms with van der Waals surface area (Å²) in [5.74, 6) is 0.665.